The summed E-state index contributed by atoms with van der Waals surface area (Å²) in [4.78, 5) is 63.9. The number of benzene rings is 3. The van der Waals surface area contributed by atoms with Crippen LogP contribution in [-0.2, 0) is 14.3 Å². The molecule has 9 nitrogen and oxygen atoms in total. The molecule has 0 bridgehead atoms. The van der Waals surface area contributed by atoms with Crippen molar-refractivity contribution < 1.29 is 28.7 Å². The van der Waals surface area contributed by atoms with Crippen LogP contribution < -0.4 is 15.5 Å². The lowest BCUT2D eigenvalue weighted by atomic mass is 10.1. The second-order valence-electron chi connectivity index (χ2n) is 8.58. The summed E-state index contributed by atoms with van der Waals surface area (Å²) in [7, 11) is 0. The maximum absolute atomic E-state index is 13.3. The van der Waals surface area contributed by atoms with Crippen LogP contribution in [0.3, 0.4) is 0 Å². The van der Waals surface area contributed by atoms with Crippen molar-refractivity contribution >= 4 is 58.1 Å². The average molecular weight is 546 g/mol. The van der Waals surface area contributed by atoms with Crippen LogP contribution in [0, 0.1) is 0 Å². The second kappa shape index (κ2) is 11.7. The Morgan fingerprint density at radius 3 is 2.28 bits per heavy atom. The number of carbonyl (C=O) groups excluding carboxylic acids is 5. The molecule has 0 unspecified atom stereocenters. The first-order valence-corrected chi connectivity index (χ1v) is 12.4. The van der Waals surface area contributed by atoms with Crippen molar-refractivity contribution in [1.82, 2.24) is 0 Å². The predicted molar refractivity (Wildman–Crippen MR) is 147 cm³/mol. The van der Waals surface area contributed by atoms with Gasteiger partial charge in [-0.15, -0.1) is 0 Å². The Morgan fingerprint density at radius 2 is 1.59 bits per heavy atom. The summed E-state index contributed by atoms with van der Waals surface area (Å²) in [6.07, 6.45) is 0.611. The molecule has 0 saturated heterocycles. The highest BCUT2D eigenvalue weighted by Gasteiger charge is 2.40. The third-order valence-corrected chi connectivity index (χ3v) is 6.12. The van der Waals surface area contributed by atoms with Crippen LogP contribution in [0.4, 0.5) is 17.1 Å². The number of anilines is 3. The van der Waals surface area contributed by atoms with Gasteiger partial charge in [0.1, 0.15) is 10.7 Å². The number of hydrogen-bond donors (Lipinski definition) is 2. The van der Waals surface area contributed by atoms with E-state index in [9.17, 15) is 24.0 Å². The molecule has 4 rings (SSSR count). The van der Waals surface area contributed by atoms with Gasteiger partial charge in [0.05, 0.1) is 17.9 Å². The minimum atomic E-state index is -0.803. The van der Waals surface area contributed by atoms with E-state index in [0.29, 0.717) is 23.4 Å². The van der Waals surface area contributed by atoms with Crippen molar-refractivity contribution in [2.45, 2.75) is 20.3 Å². The highest BCUT2D eigenvalue weighted by Crippen LogP contribution is 2.32. The molecule has 2 N–H and O–H groups in total. The van der Waals surface area contributed by atoms with Gasteiger partial charge in [0.25, 0.3) is 17.7 Å². The quantitative estimate of drug-likeness (QED) is 0.217. The fraction of sp³-hybridized carbons (Fsp3) is 0.138. The number of carbonyl (C=O) groups is 5. The molecule has 0 spiro atoms. The van der Waals surface area contributed by atoms with Crippen molar-refractivity contribution in [3.8, 4) is 0 Å². The number of ketones is 1. The molecular weight excluding hydrogens is 522 g/mol. The zero-order valence-corrected chi connectivity index (χ0v) is 21.9. The van der Waals surface area contributed by atoms with Gasteiger partial charge in [0.15, 0.2) is 5.78 Å². The van der Waals surface area contributed by atoms with Crippen LogP contribution in [0.5, 0.6) is 0 Å². The Bertz CT molecular complexity index is 1510. The van der Waals surface area contributed by atoms with E-state index in [-0.39, 0.29) is 39.9 Å². The maximum Gasteiger partial charge on any atom is 0.340 e. The summed E-state index contributed by atoms with van der Waals surface area (Å²) in [6, 6.07) is 18.8. The Kier molecular flexibility index (Phi) is 8.21. The molecule has 0 aliphatic carbocycles. The van der Waals surface area contributed by atoms with Gasteiger partial charge < -0.3 is 15.4 Å². The van der Waals surface area contributed by atoms with E-state index in [4.69, 9.17) is 16.3 Å². The lowest BCUT2D eigenvalue weighted by Gasteiger charge is -2.18. The van der Waals surface area contributed by atoms with E-state index in [1.54, 1.807) is 54.6 Å². The lowest BCUT2D eigenvalue weighted by Crippen LogP contribution is -2.33. The number of para-hydroxylation sites is 1. The number of nitrogens with one attached hydrogen (secondary N) is 2. The molecule has 0 aromatic heterocycles. The predicted octanol–water partition coefficient (Wildman–Crippen LogP) is 5.14. The average Bonchev–Trinajstić information content (AvgIpc) is 3.14. The first-order chi connectivity index (χ1) is 18.7. The highest BCUT2D eigenvalue weighted by atomic mass is 35.5. The number of nitrogens with zero attached hydrogens (tertiary/aromatic N) is 1. The Morgan fingerprint density at radius 1 is 0.872 bits per heavy atom. The fourth-order valence-electron chi connectivity index (χ4n) is 3.82. The van der Waals surface area contributed by atoms with Gasteiger partial charge in [-0.3, -0.25) is 19.2 Å². The zero-order chi connectivity index (χ0) is 28.1. The standard InChI is InChI=1S/C29H24ClN3O6/c1-3-15-39-29(38)22-9-4-5-10-23(22)33-27(36)24(30)25(28(33)37)31-21-8-6-7-19(16-21)26(35)32-20-13-11-18(12-14-20)17(2)34/h4-14,16,31H,3,15H2,1-2H3,(H,32,35). The molecule has 3 amide bonds. The molecule has 1 aliphatic rings. The summed E-state index contributed by atoms with van der Waals surface area (Å²) >= 11 is 6.26. The van der Waals surface area contributed by atoms with E-state index in [2.05, 4.69) is 10.6 Å². The van der Waals surface area contributed by atoms with Gasteiger partial charge in [0, 0.05) is 22.5 Å². The summed E-state index contributed by atoms with van der Waals surface area (Å²) < 4.78 is 5.19. The molecule has 3 aromatic carbocycles. The monoisotopic (exact) mass is 545 g/mol. The number of Topliss-reactive ketones (excluding diaryl/α,β-unsaturated/α-hetero) is 1. The summed E-state index contributed by atoms with van der Waals surface area (Å²) in [6.45, 7) is 3.49. The normalized spacial score (nSPS) is 12.9. The van der Waals surface area contributed by atoms with E-state index < -0.39 is 23.7 Å². The molecule has 1 heterocycles. The van der Waals surface area contributed by atoms with Crippen LogP contribution in [0.25, 0.3) is 0 Å². The zero-order valence-electron chi connectivity index (χ0n) is 21.1. The molecule has 1 aliphatic heterocycles. The van der Waals surface area contributed by atoms with Gasteiger partial charge in [0.2, 0.25) is 0 Å². The van der Waals surface area contributed by atoms with E-state index in [1.165, 1.54) is 25.1 Å². The third-order valence-electron chi connectivity index (χ3n) is 5.77. The van der Waals surface area contributed by atoms with Crippen molar-refractivity contribution in [3.63, 3.8) is 0 Å². The van der Waals surface area contributed by atoms with Crippen molar-refractivity contribution in [1.29, 1.82) is 0 Å². The van der Waals surface area contributed by atoms with Crippen LogP contribution in [-0.4, -0.2) is 36.1 Å². The van der Waals surface area contributed by atoms with Crippen LogP contribution >= 0.6 is 11.6 Å². The van der Waals surface area contributed by atoms with Gasteiger partial charge in [-0.05, 0) is 67.9 Å². The third kappa shape index (κ3) is 5.89. The lowest BCUT2D eigenvalue weighted by molar-refractivity contribution is -0.120. The van der Waals surface area contributed by atoms with Gasteiger partial charge in [-0.1, -0.05) is 36.7 Å². The van der Waals surface area contributed by atoms with E-state index >= 15 is 0 Å². The minimum Gasteiger partial charge on any atom is -0.462 e. The van der Waals surface area contributed by atoms with Gasteiger partial charge in [-0.2, -0.15) is 0 Å². The second-order valence-corrected chi connectivity index (χ2v) is 8.96. The van der Waals surface area contributed by atoms with Crippen LogP contribution in [0.1, 0.15) is 51.3 Å². The molecular formula is C29H24ClN3O6. The number of ether oxygens (including phenoxy) is 1. The Hall–Kier alpha value is -4.76. The largest absolute Gasteiger partial charge is 0.462 e. The number of rotatable bonds is 9. The van der Waals surface area contributed by atoms with Gasteiger partial charge >= 0.3 is 5.97 Å². The summed E-state index contributed by atoms with van der Waals surface area (Å²) in [5.41, 5.74) is 1.52. The fourth-order valence-corrected chi connectivity index (χ4v) is 4.03. The number of amides is 3. The number of halogens is 1. The van der Waals surface area contributed by atoms with E-state index in [1.807, 2.05) is 6.92 Å². The van der Waals surface area contributed by atoms with Gasteiger partial charge in [-0.25, -0.2) is 9.69 Å². The minimum absolute atomic E-state index is 0.0486. The number of esters is 1. The van der Waals surface area contributed by atoms with Crippen molar-refractivity contribution in [3.05, 3.63) is 100 Å². The maximum atomic E-state index is 13.3. The molecule has 0 saturated carbocycles. The molecule has 0 fully saturated rings. The Balaban J connectivity index is 1.53. The molecule has 0 radical (unpaired) electrons. The molecule has 3 aromatic rings. The molecule has 39 heavy (non-hydrogen) atoms. The topological polar surface area (TPSA) is 122 Å². The van der Waals surface area contributed by atoms with Crippen molar-refractivity contribution in [2.75, 3.05) is 22.1 Å². The van der Waals surface area contributed by atoms with Crippen LogP contribution in [0.15, 0.2) is 83.5 Å². The molecule has 198 valence electrons. The number of imide groups is 1. The van der Waals surface area contributed by atoms with E-state index in [0.717, 1.165) is 4.90 Å². The highest BCUT2D eigenvalue weighted by molar-refractivity contribution is 6.53. The van der Waals surface area contributed by atoms with Crippen LogP contribution in [0.2, 0.25) is 0 Å². The first-order valence-electron chi connectivity index (χ1n) is 12.1. The SMILES string of the molecule is CCCOC(=O)c1ccccc1N1C(=O)C(Cl)=C(Nc2cccc(C(=O)Nc3ccc(C(C)=O)cc3)c2)C1=O. The molecule has 0 atom stereocenters. The Labute approximate surface area is 229 Å². The smallest absolute Gasteiger partial charge is 0.340 e. The summed E-state index contributed by atoms with van der Waals surface area (Å²) in [5, 5.41) is 5.21. The number of hydrogen-bond acceptors (Lipinski definition) is 7. The molecule has 10 heteroatoms. The van der Waals surface area contributed by atoms with Crippen molar-refractivity contribution in [2.24, 2.45) is 0 Å². The summed E-state index contributed by atoms with van der Waals surface area (Å²) in [5.74, 6) is -2.74. The first kappa shape index (κ1) is 27.3.